The number of nitrogens with zero attached hydrogens (tertiary/aromatic N) is 6. The molecule has 10 heteroatoms. The minimum Gasteiger partial charge on any atom is -0.393 e. The van der Waals surface area contributed by atoms with E-state index in [-0.39, 0.29) is 18.2 Å². The maximum atomic E-state index is 13.7. The molecule has 4 aromatic rings. The molecule has 1 saturated carbocycles. The Labute approximate surface area is 211 Å². The highest BCUT2D eigenvalue weighted by Gasteiger charge is 2.34. The Morgan fingerprint density at radius 3 is 2.56 bits per heavy atom. The number of halogens is 1. The van der Waals surface area contributed by atoms with E-state index in [4.69, 9.17) is 0 Å². The highest BCUT2D eigenvalue weighted by atomic mass is 32.2. The summed E-state index contributed by atoms with van der Waals surface area (Å²) in [5, 5.41) is 48.0. The van der Waals surface area contributed by atoms with Gasteiger partial charge in [0, 0.05) is 32.8 Å². The van der Waals surface area contributed by atoms with E-state index in [0.717, 1.165) is 16.8 Å². The molecule has 1 aromatic carbocycles. The van der Waals surface area contributed by atoms with E-state index in [0.29, 0.717) is 46.6 Å². The van der Waals surface area contributed by atoms with Crippen LogP contribution in [0.5, 0.6) is 0 Å². The van der Waals surface area contributed by atoms with Crippen molar-refractivity contribution < 1.29 is 14.6 Å². The van der Waals surface area contributed by atoms with E-state index < -0.39 is 11.4 Å². The fourth-order valence-corrected chi connectivity index (χ4v) is 5.88. The maximum Gasteiger partial charge on any atom is 0.124 e. The zero-order chi connectivity index (χ0) is 25.4. The van der Waals surface area contributed by atoms with Gasteiger partial charge >= 0.3 is 0 Å². The third-order valence-electron chi connectivity index (χ3n) is 6.86. The lowest BCUT2D eigenvalue weighted by molar-refractivity contribution is -0.0512. The van der Waals surface area contributed by atoms with E-state index in [2.05, 4.69) is 16.3 Å². The van der Waals surface area contributed by atoms with Gasteiger partial charge in [-0.05, 0) is 56.9 Å². The molecule has 0 atom stereocenters. The van der Waals surface area contributed by atoms with Crippen LogP contribution in [0.3, 0.4) is 0 Å². The minimum atomic E-state index is -1.02. The smallest absolute Gasteiger partial charge is 0.124 e. The van der Waals surface area contributed by atoms with Crippen LogP contribution in [0.25, 0.3) is 16.6 Å². The third-order valence-corrected chi connectivity index (χ3v) is 7.97. The van der Waals surface area contributed by atoms with Gasteiger partial charge in [-0.25, -0.2) is 8.91 Å². The Bertz CT molecular complexity index is 1540. The standard InChI is InChI=1S/C26H23FN6O2S/c1-16-22(13-31-33(16)21-4-6-26(35,15-34)7-5-21)18-9-24(25-19(11-29)12-30-32(25)14-18)36-23-3-2-20(27)8-17(23)10-28/h2-3,8-9,12-14,21,34-35H,4-7,15H2,1H3. The number of fused-ring (bicyclic) bond motifs is 1. The molecule has 2 N–H and O–H groups in total. The summed E-state index contributed by atoms with van der Waals surface area (Å²) >= 11 is 1.28. The quantitative estimate of drug-likeness (QED) is 0.415. The highest BCUT2D eigenvalue weighted by Crippen LogP contribution is 2.39. The molecule has 0 aliphatic heterocycles. The number of nitriles is 2. The van der Waals surface area contributed by atoms with Gasteiger partial charge in [-0.2, -0.15) is 20.7 Å². The summed E-state index contributed by atoms with van der Waals surface area (Å²) in [5.41, 5.74) is 2.90. The van der Waals surface area contributed by atoms with Crippen LogP contribution in [0, 0.1) is 35.4 Å². The molecule has 0 bridgehead atoms. The van der Waals surface area contributed by atoms with Crippen molar-refractivity contribution >= 4 is 17.3 Å². The molecule has 0 amide bonds. The second-order valence-corrected chi connectivity index (χ2v) is 10.2. The van der Waals surface area contributed by atoms with E-state index in [1.165, 1.54) is 30.1 Å². The van der Waals surface area contributed by atoms with Crippen LogP contribution < -0.4 is 0 Å². The Morgan fingerprint density at radius 1 is 1.11 bits per heavy atom. The van der Waals surface area contributed by atoms with Gasteiger partial charge < -0.3 is 10.2 Å². The molecule has 5 rings (SSSR count). The molecule has 0 saturated heterocycles. The summed E-state index contributed by atoms with van der Waals surface area (Å²) < 4.78 is 17.3. The molecule has 182 valence electrons. The fraction of sp³-hybridized carbons (Fsp3) is 0.308. The van der Waals surface area contributed by atoms with E-state index in [1.807, 2.05) is 29.9 Å². The van der Waals surface area contributed by atoms with Gasteiger partial charge in [0.2, 0.25) is 0 Å². The SMILES string of the molecule is Cc1c(-c2cc(Sc3ccc(F)cc3C#N)c3c(C#N)cnn3c2)cnn1C1CCC(O)(CO)CC1. The summed E-state index contributed by atoms with van der Waals surface area (Å²) in [7, 11) is 0. The lowest BCUT2D eigenvalue weighted by atomic mass is 9.83. The summed E-state index contributed by atoms with van der Waals surface area (Å²) in [5.74, 6) is -0.486. The van der Waals surface area contributed by atoms with Crippen molar-refractivity contribution in [2.24, 2.45) is 0 Å². The van der Waals surface area contributed by atoms with Crippen LogP contribution in [0.2, 0.25) is 0 Å². The van der Waals surface area contributed by atoms with Gasteiger partial charge in [0.25, 0.3) is 0 Å². The molecule has 1 aliphatic carbocycles. The first-order valence-corrected chi connectivity index (χ1v) is 12.3. The lowest BCUT2D eigenvalue weighted by Crippen LogP contribution is -2.38. The molecule has 3 aromatic heterocycles. The molecule has 36 heavy (non-hydrogen) atoms. The Morgan fingerprint density at radius 2 is 1.86 bits per heavy atom. The van der Waals surface area contributed by atoms with E-state index in [9.17, 15) is 25.1 Å². The predicted molar refractivity (Wildman–Crippen MR) is 131 cm³/mol. The number of rotatable bonds is 5. The fourth-order valence-electron chi connectivity index (χ4n) is 4.81. The molecule has 1 fully saturated rings. The van der Waals surface area contributed by atoms with Crippen LogP contribution in [0.1, 0.15) is 48.5 Å². The number of aliphatic hydroxyl groups is 2. The zero-order valence-corrected chi connectivity index (χ0v) is 20.3. The number of aromatic nitrogens is 4. The Balaban J connectivity index is 1.55. The van der Waals surface area contributed by atoms with E-state index >= 15 is 0 Å². The predicted octanol–water partition coefficient (Wildman–Crippen LogP) is 4.38. The molecule has 1 aliphatic rings. The average Bonchev–Trinajstić information content (AvgIpc) is 3.48. The second-order valence-electron chi connectivity index (χ2n) is 9.11. The van der Waals surface area contributed by atoms with Crippen molar-refractivity contribution in [2.75, 3.05) is 6.61 Å². The monoisotopic (exact) mass is 502 g/mol. The molecule has 8 nitrogen and oxygen atoms in total. The molecule has 0 spiro atoms. The summed E-state index contributed by atoms with van der Waals surface area (Å²) in [6, 6.07) is 10.3. The van der Waals surface area contributed by atoms with Crippen LogP contribution in [0.15, 0.2) is 52.6 Å². The van der Waals surface area contributed by atoms with Gasteiger partial charge in [-0.3, -0.25) is 4.68 Å². The van der Waals surface area contributed by atoms with Gasteiger partial charge in [-0.15, -0.1) is 0 Å². The second kappa shape index (κ2) is 9.40. The molecule has 0 unspecified atom stereocenters. The molecular formula is C26H23FN6O2S. The normalized spacial score (nSPS) is 19.8. The minimum absolute atomic E-state index is 0.121. The first kappa shape index (κ1) is 24.0. The lowest BCUT2D eigenvalue weighted by Gasteiger charge is -2.35. The topological polar surface area (TPSA) is 123 Å². The van der Waals surface area contributed by atoms with Crippen molar-refractivity contribution in [3.05, 3.63) is 65.5 Å². The largest absolute Gasteiger partial charge is 0.393 e. The molecule has 3 heterocycles. The van der Waals surface area contributed by atoms with Crippen molar-refractivity contribution in [1.29, 1.82) is 10.5 Å². The Kier molecular flexibility index (Phi) is 6.27. The van der Waals surface area contributed by atoms with Crippen molar-refractivity contribution in [1.82, 2.24) is 19.4 Å². The number of pyridine rings is 1. The number of hydrogen-bond acceptors (Lipinski definition) is 7. The van der Waals surface area contributed by atoms with Crippen LogP contribution >= 0.6 is 11.8 Å². The van der Waals surface area contributed by atoms with Gasteiger partial charge in [0.1, 0.15) is 18.0 Å². The van der Waals surface area contributed by atoms with Crippen LogP contribution in [0.4, 0.5) is 4.39 Å². The molecule has 0 radical (unpaired) electrons. The highest BCUT2D eigenvalue weighted by molar-refractivity contribution is 7.99. The number of hydrogen-bond donors (Lipinski definition) is 2. The van der Waals surface area contributed by atoms with Gasteiger partial charge in [0.15, 0.2) is 0 Å². The summed E-state index contributed by atoms with van der Waals surface area (Å²) in [4.78, 5) is 1.29. The van der Waals surface area contributed by atoms with Gasteiger partial charge in [-0.1, -0.05) is 11.8 Å². The Hall–Kier alpha value is -3.70. The van der Waals surface area contributed by atoms with E-state index in [1.54, 1.807) is 16.8 Å². The molecular weight excluding hydrogens is 479 g/mol. The summed E-state index contributed by atoms with van der Waals surface area (Å²) in [6.07, 6.45) is 7.59. The third kappa shape index (κ3) is 4.24. The first-order chi connectivity index (χ1) is 17.4. The van der Waals surface area contributed by atoms with Crippen molar-refractivity contribution in [3.63, 3.8) is 0 Å². The first-order valence-electron chi connectivity index (χ1n) is 11.5. The van der Waals surface area contributed by atoms with Crippen molar-refractivity contribution in [2.45, 2.75) is 54.0 Å². The number of aliphatic hydroxyl groups excluding tert-OH is 1. The van der Waals surface area contributed by atoms with Crippen LogP contribution in [-0.2, 0) is 0 Å². The maximum absolute atomic E-state index is 13.7. The number of benzene rings is 1. The zero-order valence-electron chi connectivity index (χ0n) is 19.5. The summed E-state index contributed by atoms with van der Waals surface area (Å²) in [6.45, 7) is 1.75. The average molecular weight is 503 g/mol. The van der Waals surface area contributed by atoms with Gasteiger partial charge in [0.05, 0.1) is 47.3 Å². The van der Waals surface area contributed by atoms with Crippen molar-refractivity contribution in [3.8, 4) is 23.3 Å². The van der Waals surface area contributed by atoms with Crippen LogP contribution in [-0.4, -0.2) is 41.8 Å².